The Balaban J connectivity index is 1.44. The molecule has 0 fully saturated rings. The Morgan fingerprint density at radius 1 is 1.11 bits per heavy atom. The summed E-state index contributed by atoms with van der Waals surface area (Å²) >= 11 is 1.72. The molecule has 0 spiro atoms. The van der Waals surface area contributed by atoms with Gasteiger partial charge in [-0.15, -0.1) is 11.8 Å². The predicted octanol–water partition coefficient (Wildman–Crippen LogP) is 5.55. The third kappa shape index (κ3) is 6.35. The van der Waals surface area contributed by atoms with Gasteiger partial charge in [-0.1, -0.05) is 18.2 Å². The van der Waals surface area contributed by atoms with E-state index in [0.717, 1.165) is 56.5 Å². The molecule has 0 amide bonds. The number of aromatic nitrogens is 1. The van der Waals surface area contributed by atoms with E-state index in [-0.39, 0.29) is 12.3 Å². The van der Waals surface area contributed by atoms with Gasteiger partial charge in [0, 0.05) is 34.7 Å². The molecule has 0 radical (unpaired) electrons. The van der Waals surface area contributed by atoms with Crippen LogP contribution in [0.2, 0.25) is 0 Å². The number of hydrogen-bond donors (Lipinski definition) is 1. The van der Waals surface area contributed by atoms with Crippen LogP contribution in [0.15, 0.2) is 53.4 Å². The van der Waals surface area contributed by atoms with Crippen LogP contribution >= 0.6 is 11.8 Å². The fourth-order valence-electron chi connectivity index (χ4n) is 4.34. The molecule has 1 N–H and O–H groups in total. The SMILES string of the molecule is Cc1cc(OCCN(C)C)cc(C)c1-c1cccc(OCc2ccc3c(c2)SCC3CC(=O)O)n1. The molecule has 4 rings (SSSR count). The van der Waals surface area contributed by atoms with Crippen LogP contribution in [0.25, 0.3) is 11.3 Å². The smallest absolute Gasteiger partial charge is 0.303 e. The number of thioether (sulfide) groups is 1. The Morgan fingerprint density at radius 2 is 1.89 bits per heavy atom. The van der Waals surface area contributed by atoms with Gasteiger partial charge in [-0.2, -0.15) is 0 Å². The summed E-state index contributed by atoms with van der Waals surface area (Å²) in [5.41, 5.74) is 6.36. The summed E-state index contributed by atoms with van der Waals surface area (Å²) in [6, 6.07) is 16.1. The highest BCUT2D eigenvalue weighted by Crippen LogP contribution is 2.41. The molecule has 2 heterocycles. The number of carboxylic acids is 1. The van der Waals surface area contributed by atoms with Crippen LogP contribution < -0.4 is 9.47 Å². The Bertz CT molecular complexity index is 1190. The van der Waals surface area contributed by atoms with Crippen LogP contribution in [-0.4, -0.2) is 54.0 Å². The minimum atomic E-state index is -0.751. The van der Waals surface area contributed by atoms with E-state index in [1.807, 2.05) is 44.4 Å². The van der Waals surface area contributed by atoms with Gasteiger partial charge in [0.1, 0.15) is 19.0 Å². The molecular weight excluding hydrogens is 460 g/mol. The first-order valence-corrected chi connectivity index (χ1v) is 12.7. The van der Waals surface area contributed by atoms with Gasteiger partial charge in [0.05, 0.1) is 12.1 Å². The van der Waals surface area contributed by atoms with E-state index in [4.69, 9.17) is 19.6 Å². The average Bonchev–Trinajstić information content (AvgIpc) is 3.18. The maximum Gasteiger partial charge on any atom is 0.303 e. The zero-order chi connectivity index (χ0) is 24.9. The molecule has 3 aromatic rings. The van der Waals surface area contributed by atoms with Gasteiger partial charge in [-0.3, -0.25) is 4.79 Å². The van der Waals surface area contributed by atoms with E-state index >= 15 is 0 Å². The van der Waals surface area contributed by atoms with Crippen molar-refractivity contribution in [3.63, 3.8) is 0 Å². The van der Waals surface area contributed by atoms with Crippen LogP contribution in [0.3, 0.4) is 0 Å². The summed E-state index contributed by atoms with van der Waals surface area (Å²) < 4.78 is 12.0. The lowest BCUT2D eigenvalue weighted by atomic mass is 9.97. The molecule has 2 aromatic carbocycles. The number of likely N-dealkylation sites (N-methyl/N-ethyl adjacent to an activating group) is 1. The van der Waals surface area contributed by atoms with Crippen molar-refractivity contribution < 1.29 is 19.4 Å². The molecule has 184 valence electrons. The fourth-order valence-corrected chi connectivity index (χ4v) is 5.65. The summed E-state index contributed by atoms with van der Waals surface area (Å²) in [5.74, 6) is 1.59. The van der Waals surface area contributed by atoms with Gasteiger partial charge in [-0.05, 0) is 74.5 Å². The first kappa shape index (κ1) is 25.1. The van der Waals surface area contributed by atoms with Crippen molar-refractivity contribution >= 4 is 17.7 Å². The zero-order valence-electron chi connectivity index (χ0n) is 20.7. The summed E-state index contributed by atoms with van der Waals surface area (Å²) in [5, 5.41) is 9.13. The number of nitrogens with zero attached hydrogens (tertiary/aromatic N) is 2. The number of carbonyl (C=O) groups is 1. The third-order valence-electron chi connectivity index (χ3n) is 6.06. The van der Waals surface area contributed by atoms with E-state index in [1.54, 1.807) is 11.8 Å². The number of ether oxygens (including phenoxy) is 2. The maximum absolute atomic E-state index is 11.1. The number of pyridine rings is 1. The Kier molecular flexibility index (Phi) is 7.98. The van der Waals surface area contributed by atoms with E-state index in [1.165, 1.54) is 0 Å². The molecule has 0 bridgehead atoms. The highest BCUT2D eigenvalue weighted by molar-refractivity contribution is 7.99. The van der Waals surface area contributed by atoms with Crippen molar-refractivity contribution in [1.29, 1.82) is 0 Å². The molecule has 0 saturated heterocycles. The average molecular weight is 493 g/mol. The Hall–Kier alpha value is -3.03. The fraction of sp³-hybridized carbons (Fsp3) is 0.357. The number of aliphatic carboxylic acids is 1. The van der Waals surface area contributed by atoms with Crippen molar-refractivity contribution in [1.82, 2.24) is 9.88 Å². The van der Waals surface area contributed by atoms with Crippen molar-refractivity contribution in [2.75, 3.05) is 33.0 Å². The van der Waals surface area contributed by atoms with Crippen LogP contribution in [0.1, 0.15) is 34.6 Å². The first-order chi connectivity index (χ1) is 16.8. The van der Waals surface area contributed by atoms with Gasteiger partial charge in [0.25, 0.3) is 0 Å². The number of carboxylic acid groups (broad SMARTS) is 1. The number of fused-ring (bicyclic) bond motifs is 1. The molecule has 0 aliphatic carbocycles. The largest absolute Gasteiger partial charge is 0.492 e. The van der Waals surface area contributed by atoms with E-state index in [2.05, 4.69) is 36.9 Å². The molecule has 7 heteroatoms. The minimum Gasteiger partial charge on any atom is -0.492 e. The first-order valence-electron chi connectivity index (χ1n) is 11.8. The van der Waals surface area contributed by atoms with Gasteiger partial charge in [0.15, 0.2) is 0 Å². The normalized spacial score (nSPS) is 14.7. The zero-order valence-corrected chi connectivity index (χ0v) is 21.5. The standard InChI is InChI=1S/C28H32N2O4S/c1-18-12-22(33-11-10-30(3)4)13-19(2)28(18)24-6-5-7-26(29-24)34-16-20-8-9-23-21(15-27(31)32)17-35-25(23)14-20/h5-9,12-14,21H,10-11,15-17H2,1-4H3,(H,31,32). The van der Waals surface area contributed by atoms with E-state index in [0.29, 0.717) is 19.1 Å². The molecule has 6 nitrogen and oxygen atoms in total. The van der Waals surface area contributed by atoms with Crippen LogP contribution in [0.4, 0.5) is 0 Å². The van der Waals surface area contributed by atoms with Gasteiger partial charge in [-0.25, -0.2) is 4.98 Å². The second-order valence-corrected chi connectivity index (χ2v) is 10.3. The molecule has 0 saturated carbocycles. The molecule has 1 aliphatic rings. The second kappa shape index (κ2) is 11.1. The summed E-state index contributed by atoms with van der Waals surface area (Å²) in [7, 11) is 4.06. The lowest BCUT2D eigenvalue weighted by Crippen LogP contribution is -2.19. The van der Waals surface area contributed by atoms with Crippen molar-refractivity contribution in [3.05, 3.63) is 70.8 Å². The minimum absolute atomic E-state index is 0.0806. The molecule has 1 unspecified atom stereocenters. The van der Waals surface area contributed by atoms with Gasteiger partial charge in [0.2, 0.25) is 5.88 Å². The highest BCUT2D eigenvalue weighted by atomic mass is 32.2. The molecular formula is C28H32N2O4S. The number of hydrogen-bond acceptors (Lipinski definition) is 6. The maximum atomic E-state index is 11.1. The van der Waals surface area contributed by atoms with Crippen molar-refractivity contribution in [2.45, 2.75) is 37.7 Å². The highest BCUT2D eigenvalue weighted by Gasteiger charge is 2.25. The molecule has 35 heavy (non-hydrogen) atoms. The van der Waals surface area contributed by atoms with Crippen LogP contribution in [-0.2, 0) is 11.4 Å². The number of aryl methyl sites for hydroxylation is 2. The Labute approximate surface area is 211 Å². The quantitative estimate of drug-likeness (QED) is 0.398. The van der Waals surface area contributed by atoms with Crippen LogP contribution in [0.5, 0.6) is 11.6 Å². The van der Waals surface area contributed by atoms with Crippen LogP contribution in [0, 0.1) is 13.8 Å². The van der Waals surface area contributed by atoms with E-state index < -0.39 is 5.97 Å². The lowest BCUT2D eigenvalue weighted by Gasteiger charge is -2.15. The number of rotatable bonds is 10. The molecule has 1 atom stereocenters. The monoisotopic (exact) mass is 492 g/mol. The van der Waals surface area contributed by atoms with E-state index in [9.17, 15) is 4.79 Å². The van der Waals surface area contributed by atoms with Crippen molar-refractivity contribution in [2.24, 2.45) is 0 Å². The predicted molar refractivity (Wildman–Crippen MR) is 140 cm³/mol. The van der Waals surface area contributed by atoms with Gasteiger partial charge >= 0.3 is 5.97 Å². The molecule has 1 aromatic heterocycles. The summed E-state index contributed by atoms with van der Waals surface area (Å²) in [6.45, 7) is 6.08. The Morgan fingerprint density at radius 3 is 2.60 bits per heavy atom. The number of benzene rings is 2. The second-order valence-electron chi connectivity index (χ2n) is 9.21. The molecule has 1 aliphatic heterocycles. The van der Waals surface area contributed by atoms with Crippen molar-refractivity contribution in [3.8, 4) is 22.9 Å². The lowest BCUT2D eigenvalue weighted by molar-refractivity contribution is -0.137. The summed E-state index contributed by atoms with van der Waals surface area (Å²) in [6.07, 6.45) is 0.175. The third-order valence-corrected chi connectivity index (χ3v) is 7.29. The van der Waals surface area contributed by atoms with Gasteiger partial charge < -0.3 is 19.5 Å². The summed E-state index contributed by atoms with van der Waals surface area (Å²) in [4.78, 5) is 19.1. The topological polar surface area (TPSA) is 71.9 Å².